The largest absolute Gasteiger partial charge is 0.344 e. The van der Waals surface area contributed by atoms with Crippen LogP contribution in [-0.2, 0) is 7.05 Å². The van der Waals surface area contributed by atoms with Crippen LogP contribution in [0.1, 0.15) is 0 Å². The third-order valence-electron chi connectivity index (χ3n) is 11.1. The van der Waals surface area contributed by atoms with Crippen LogP contribution in [0.5, 0.6) is 0 Å². The molecule has 0 aliphatic rings. The van der Waals surface area contributed by atoms with Crippen molar-refractivity contribution in [2.75, 3.05) is 0 Å². The van der Waals surface area contributed by atoms with Crippen LogP contribution in [0.15, 0.2) is 182 Å². The molecule has 0 radical (unpaired) electrons. The Morgan fingerprint density at radius 3 is 0.981 bits per heavy atom. The molecule has 0 bridgehead atoms. The highest BCUT2D eigenvalue weighted by molar-refractivity contribution is 6.13. The Kier molecular flexibility index (Phi) is 6.17. The highest BCUT2D eigenvalue weighted by Crippen LogP contribution is 2.39. The van der Waals surface area contributed by atoms with Crippen molar-refractivity contribution in [1.82, 2.24) is 13.7 Å². The lowest BCUT2D eigenvalue weighted by molar-refractivity contribution is 1.01. The third-order valence-corrected chi connectivity index (χ3v) is 11.1. The van der Waals surface area contributed by atoms with Crippen LogP contribution in [-0.4, -0.2) is 13.7 Å². The van der Waals surface area contributed by atoms with E-state index in [1.54, 1.807) is 0 Å². The van der Waals surface area contributed by atoms with Gasteiger partial charge in [-0.3, -0.25) is 0 Å². The van der Waals surface area contributed by atoms with Crippen molar-refractivity contribution in [2.45, 2.75) is 0 Å². The fourth-order valence-corrected chi connectivity index (χ4v) is 8.57. The summed E-state index contributed by atoms with van der Waals surface area (Å²) in [4.78, 5) is 0. The molecule has 0 amide bonds. The first-order valence-electron chi connectivity index (χ1n) is 17.9. The maximum Gasteiger partial charge on any atom is 0.0547 e. The molecule has 3 nitrogen and oxygen atoms in total. The number of benzene rings is 8. The fraction of sp³-hybridized carbons (Fsp3) is 0.0204. The summed E-state index contributed by atoms with van der Waals surface area (Å²) in [6.07, 6.45) is 0. The van der Waals surface area contributed by atoms with E-state index in [2.05, 4.69) is 203 Å². The average molecular weight is 664 g/mol. The molecule has 0 fully saturated rings. The normalized spacial score (nSPS) is 11.9. The first-order chi connectivity index (χ1) is 25.7. The second kappa shape index (κ2) is 11.1. The monoisotopic (exact) mass is 663 g/mol. The number of fused-ring (bicyclic) bond motifs is 9. The standard InChI is InChI=1S/C49H33N3/c1-50-46-28-32(34-22-26-42-38-16-8-10-18-44(38)51(48(42)30-34)36-12-4-2-5-13-36)20-24-40(46)41-25-21-33(29-47(41)50)35-23-27-43-39-17-9-11-19-45(39)52(49(43)31-35)37-14-6-3-7-15-37/h2-31H,1H3. The van der Waals surface area contributed by atoms with E-state index < -0.39 is 0 Å². The van der Waals surface area contributed by atoms with E-state index in [0.717, 1.165) is 0 Å². The van der Waals surface area contributed by atoms with Crippen molar-refractivity contribution in [3.8, 4) is 33.6 Å². The van der Waals surface area contributed by atoms with E-state index in [9.17, 15) is 0 Å². The zero-order valence-electron chi connectivity index (χ0n) is 28.7. The first-order valence-corrected chi connectivity index (χ1v) is 17.9. The molecular weight excluding hydrogens is 631 g/mol. The van der Waals surface area contributed by atoms with Gasteiger partial charge in [0.05, 0.1) is 22.1 Å². The predicted molar refractivity (Wildman–Crippen MR) is 220 cm³/mol. The molecule has 0 aliphatic carbocycles. The van der Waals surface area contributed by atoms with Crippen molar-refractivity contribution in [2.24, 2.45) is 7.05 Å². The highest BCUT2D eigenvalue weighted by atomic mass is 15.0. The topological polar surface area (TPSA) is 14.8 Å². The predicted octanol–water partition coefficient (Wildman–Crippen LogP) is 12.9. The number of para-hydroxylation sites is 4. The number of rotatable bonds is 4. The van der Waals surface area contributed by atoms with E-state index in [-0.39, 0.29) is 0 Å². The van der Waals surface area contributed by atoms with Crippen molar-refractivity contribution < 1.29 is 0 Å². The average Bonchev–Trinajstić information content (AvgIpc) is 3.82. The van der Waals surface area contributed by atoms with Gasteiger partial charge in [-0.15, -0.1) is 0 Å². The van der Waals surface area contributed by atoms with Crippen molar-refractivity contribution in [3.05, 3.63) is 182 Å². The van der Waals surface area contributed by atoms with E-state index in [4.69, 9.17) is 0 Å². The van der Waals surface area contributed by atoms with Gasteiger partial charge in [0.2, 0.25) is 0 Å². The molecule has 244 valence electrons. The Labute approximate surface area is 300 Å². The van der Waals surface area contributed by atoms with Crippen LogP contribution in [0, 0.1) is 0 Å². The van der Waals surface area contributed by atoms with Crippen LogP contribution in [0.2, 0.25) is 0 Å². The minimum atomic E-state index is 1.17. The maximum atomic E-state index is 2.39. The molecule has 0 atom stereocenters. The minimum absolute atomic E-state index is 1.17. The second-order valence-electron chi connectivity index (χ2n) is 13.9. The number of aromatic nitrogens is 3. The molecule has 8 aromatic carbocycles. The lowest BCUT2D eigenvalue weighted by Gasteiger charge is -2.09. The van der Waals surface area contributed by atoms with Gasteiger partial charge in [-0.1, -0.05) is 121 Å². The Bertz CT molecular complexity index is 2960. The second-order valence-corrected chi connectivity index (χ2v) is 13.9. The lowest BCUT2D eigenvalue weighted by atomic mass is 10.00. The Hall–Kier alpha value is -6.84. The summed E-state index contributed by atoms with van der Waals surface area (Å²) in [7, 11) is 2.20. The Morgan fingerprint density at radius 2 is 0.577 bits per heavy atom. The van der Waals surface area contributed by atoms with E-state index in [1.807, 2.05) is 0 Å². The first kappa shape index (κ1) is 28.9. The zero-order chi connectivity index (χ0) is 34.3. The third kappa shape index (κ3) is 4.20. The molecule has 0 saturated carbocycles. The van der Waals surface area contributed by atoms with Gasteiger partial charge in [-0.2, -0.15) is 0 Å². The molecule has 3 heteroatoms. The van der Waals surface area contributed by atoms with Gasteiger partial charge in [-0.05, 0) is 82.9 Å². The Balaban J connectivity index is 1.05. The molecule has 0 aliphatic heterocycles. The van der Waals surface area contributed by atoms with E-state index >= 15 is 0 Å². The molecule has 3 heterocycles. The van der Waals surface area contributed by atoms with Crippen molar-refractivity contribution in [3.63, 3.8) is 0 Å². The zero-order valence-corrected chi connectivity index (χ0v) is 28.7. The maximum absolute atomic E-state index is 2.39. The van der Waals surface area contributed by atoms with Crippen LogP contribution >= 0.6 is 0 Å². The summed E-state index contributed by atoms with van der Waals surface area (Å²) < 4.78 is 7.14. The van der Waals surface area contributed by atoms with Crippen LogP contribution in [0.25, 0.3) is 99.0 Å². The van der Waals surface area contributed by atoms with Gasteiger partial charge in [-0.25, -0.2) is 0 Å². The number of hydrogen-bond donors (Lipinski definition) is 0. The van der Waals surface area contributed by atoms with Crippen LogP contribution < -0.4 is 0 Å². The van der Waals surface area contributed by atoms with E-state index in [0.29, 0.717) is 0 Å². The quantitative estimate of drug-likeness (QED) is 0.178. The molecule has 0 spiro atoms. The number of aryl methyl sites for hydroxylation is 1. The van der Waals surface area contributed by atoms with Crippen LogP contribution in [0.4, 0.5) is 0 Å². The molecule has 11 aromatic rings. The molecule has 3 aromatic heterocycles. The lowest BCUT2D eigenvalue weighted by Crippen LogP contribution is -1.93. The molecular formula is C49H33N3. The van der Waals surface area contributed by atoms with Gasteiger partial charge < -0.3 is 13.7 Å². The number of nitrogens with zero attached hydrogens (tertiary/aromatic N) is 3. The highest BCUT2D eigenvalue weighted by Gasteiger charge is 2.17. The molecule has 0 saturated heterocycles. The summed E-state index contributed by atoms with van der Waals surface area (Å²) in [6, 6.07) is 66.5. The summed E-state index contributed by atoms with van der Waals surface area (Å²) in [5, 5.41) is 7.62. The summed E-state index contributed by atoms with van der Waals surface area (Å²) in [5.41, 5.74) is 14.5. The molecule has 0 unspecified atom stereocenters. The number of hydrogen-bond acceptors (Lipinski definition) is 0. The van der Waals surface area contributed by atoms with Gasteiger partial charge in [0.1, 0.15) is 0 Å². The SMILES string of the molecule is Cn1c2cc(-c3ccc4c5ccccc5n(-c5ccccc5)c4c3)ccc2c2ccc(-c3ccc4c5ccccc5n(-c5ccccc5)c4c3)cc21. The van der Waals surface area contributed by atoms with Gasteiger partial charge in [0.25, 0.3) is 0 Å². The van der Waals surface area contributed by atoms with E-state index in [1.165, 1.54) is 99.0 Å². The summed E-state index contributed by atoms with van der Waals surface area (Å²) >= 11 is 0. The van der Waals surface area contributed by atoms with Crippen molar-refractivity contribution >= 4 is 65.4 Å². The van der Waals surface area contributed by atoms with Gasteiger partial charge in [0, 0.05) is 61.8 Å². The fourth-order valence-electron chi connectivity index (χ4n) is 8.57. The van der Waals surface area contributed by atoms with Gasteiger partial charge >= 0.3 is 0 Å². The summed E-state index contributed by atoms with van der Waals surface area (Å²) in [6.45, 7) is 0. The molecule has 0 N–H and O–H groups in total. The minimum Gasteiger partial charge on any atom is -0.344 e. The van der Waals surface area contributed by atoms with Crippen molar-refractivity contribution in [1.29, 1.82) is 0 Å². The smallest absolute Gasteiger partial charge is 0.0547 e. The van der Waals surface area contributed by atoms with Crippen LogP contribution in [0.3, 0.4) is 0 Å². The summed E-state index contributed by atoms with van der Waals surface area (Å²) in [5.74, 6) is 0. The van der Waals surface area contributed by atoms with Gasteiger partial charge in [0.15, 0.2) is 0 Å². The Morgan fingerprint density at radius 1 is 0.269 bits per heavy atom. The molecule has 52 heavy (non-hydrogen) atoms. The molecule has 11 rings (SSSR count).